The standard InChI is InChI=1S/C27H30Cl3N5O4S/c1-34(8-9-35-6-2-3-7-35)15-17-16-40-25(23(17)30)27(38)33-24-20(12-19(29)13-21(24)39-11-10-36)26(37)32-22-5-4-18(28)14-31-22/h4-5,12-14,16,36H,2-3,6-11,15H2,1H3,(H,33,38)(H,31,32,37). The number of ether oxygens (including phenoxy) is 1. The lowest BCUT2D eigenvalue weighted by atomic mass is 10.1. The molecular weight excluding hydrogens is 597 g/mol. The Morgan fingerprint density at radius 3 is 2.60 bits per heavy atom. The summed E-state index contributed by atoms with van der Waals surface area (Å²) in [6, 6.07) is 5.99. The number of aromatic nitrogens is 1. The van der Waals surface area contributed by atoms with E-state index in [1.54, 1.807) is 12.1 Å². The Balaban J connectivity index is 1.53. The molecule has 0 saturated carbocycles. The van der Waals surface area contributed by atoms with Gasteiger partial charge in [0, 0.05) is 36.9 Å². The number of halogens is 3. The van der Waals surface area contributed by atoms with Crippen LogP contribution in [0.2, 0.25) is 15.1 Å². The molecule has 0 unspecified atom stereocenters. The molecule has 0 radical (unpaired) electrons. The fourth-order valence-electron chi connectivity index (χ4n) is 4.29. The zero-order valence-corrected chi connectivity index (χ0v) is 25.0. The van der Waals surface area contributed by atoms with Crippen LogP contribution in [0.25, 0.3) is 0 Å². The van der Waals surface area contributed by atoms with Crippen molar-refractivity contribution in [3.05, 3.63) is 66.9 Å². The number of nitrogens with one attached hydrogen (secondary N) is 2. The average molecular weight is 627 g/mol. The van der Waals surface area contributed by atoms with Gasteiger partial charge in [-0.15, -0.1) is 11.3 Å². The quantitative estimate of drug-likeness (QED) is 0.244. The number of benzene rings is 1. The number of amides is 2. The third-order valence-electron chi connectivity index (χ3n) is 6.31. The van der Waals surface area contributed by atoms with Gasteiger partial charge in [0.1, 0.15) is 23.1 Å². The van der Waals surface area contributed by atoms with Crippen LogP contribution in [0.1, 0.15) is 38.4 Å². The van der Waals surface area contributed by atoms with Gasteiger partial charge in [-0.2, -0.15) is 0 Å². The molecule has 9 nitrogen and oxygen atoms in total. The first-order valence-corrected chi connectivity index (χ1v) is 14.7. The zero-order chi connectivity index (χ0) is 28.6. The summed E-state index contributed by atoms with van der Waals surface area (Å²) in [5, 5.41) is 17.6. The van der Waals surface area contributed by atoms with Crippen molar-refractivity contribution in [1.82, 2.24) is 14.8 Å². The van der Waals surface area contributed by atoms with E-state index in [1.807, 2.05) is 12.4 Å². The lowest BCUT2D eigenvalue weighted by Gasteiger charge is -2.21. The minimum absolute atomic E-state index is 0.0417. The second kappa shape index (κ2) is 14.5. The Morgan fingerprint density at radius 2 is 1.90 bits per heavy atom. The second-order valence-electron chi connectivity index (χ2n) is 9.36. The van der Waals surface area contributed by atoms with Gasteiger partial charge in [0.25, 0.3) is 11.8 Å². The number of aliphatic hydroxyl groups excluding tert-OH is 1. The first-order valence-electron chi connectivity index (χ1n) is 12.7. The van der Waals surface area contributed by atoms with Crippen molar-refractivity contribution < 1.29 is 19.4 Å². The summed E-state index contributed by atoms with van der Waals surface area (Å²) in [5.41, 5.74) is 0.975. The number of nitrogens with zero attached hydrogens (tertiary/aromatic N) is 3. The Morgan fingerprint density at radius 1 is 1.12 bits per heavy atom. The Hall–Kier alpha value is -2.44. The Kier molecular flexibility index (Phi) is 11.0. The van der Waals surface area contributed by atoms with E-state index in [4.69, 9.17) is 39.5 Å². The van der Waals surface area contributed by atoms with Gasteiger partial charge in [-0.25, -0.2) is 4.98 Å². The van der Waals surface area contributed by atoms with E-state index in [1.165, 1.54) is 42.5 Å². The fourth-order valence-corrected chi connectivity index (χ4v) is 5.85. The van der Waals surface area contributed by atoms with E-state index in [9.17, 15) is 14.7 Å². The monoisotopic (exact) mass is 625 g/mol. The number of hydrogen-bond donors (Lipinski definition) is 3. The van der Waals surface area contributed by atoms with E-state index in [2.05, 4.69) is 25.4 Å². The maximum atomic E-state index is 13.4. The molecule has 3 aromatic rings. The number of carbonyl (C=O) groups is 2. The van der Waals surface area contributed by atoms with Crippen LogP contribution < -0.4 is 15.4 Å². The van der Waals surface area contributed by atoms with Crippen molar-refractivity contribution in [1.29, 1.82) is 0 Å². The molecule has 0 spiro atoms. The molecule has 1 aliphatic rings. The molecule has 0 atom stereocenters. The smallest absolute Gasteiger partial charge is 0.267 e. The van der Waals surface area contributed by atoms with Gasteiger partial charge in [0.15, 0.2) is 0 Å². The fraction of sp³-hybridized carbons (Fsp3) is 0.370. The van der Waals surface area contributed by atoms with E-state index in [-0.39, 0.29) is 41.1 Å². The summed E-state index contributed by atoms with van der Waals surface area (Å²) in [6.45, 7) is 4.42. The molecule has 1 saturated heterocycles. The van der Waals surface area contributed by atoms with Gasteiger partial charge in [0.2, 0.25) is 0 Å². The second-order valence-corrected chi connectivity index (χ2v) is 11.5. The summed E-state index contributed by atoms with van der Waals surface area (Å²) in [4.78, 5) is 35.7. The topological polar surface area (TPSA) is 107 Å². The highest BCUT2D eigenvalue weighted by Gasteiger charge is 2.24. The number of anilines is 2. The maximum absolute atomic E-state index is 13.4. The SMILES string of the molecule is CN(CCN1CCCC1)Cc1csc(C(=O)Nc2c(OCCO)cc(Cl)cc2C(=O)Nc2ccc(Cl)cn2)c1Cl. The van der Waals surface area contributed by atoms with Gasteiger partial charge in [-0.3, -0.25) is 9.59 Å². The number of rotatable bonds is 12. The molecule has 0 aliphatic carbocycles. The Bertz CT molecular complexity index is 1330. The molecule has 2 amide bonds. The van der Waals surface area contributed by atoms with Crippen molar-refractivity contribution in [3.8, 4) is 5.75 Å². The number of thiophene rings is 1. The van der Waals surface area contributed by atoms with Gasteiger partial charge >= 0.3 is 0 Å². The number of carbonyl (C=O) groups excluding carboxylic acids is 2. The molecule has 1 aromatic carbocycles. The molecule has 13 heteroatoms. The molecule has 1 aliphatic heterocycles. The minimum atomic E-state index is -0.584. The van der Waals surface area contributed by atoms with Crippen LogP contribution in [-0.2, 0) is 6.54 Å². The summed E-state index contributed by atoms with van der Waals surface area (Å²) in [7, 11) is 2.03. The molecule has 3 N–H and O–H groups in total. The van der Waals surface area contributed by atoms with Crippen molar-refractivity contribution in [2.75, 3.05) is 57.1 Å². The average Bonchev–Trinajstić information content (AvgIpc) is 3.58. The van der Waals surface area contributed by atoms with E-state index < -0.39 is 11.8 Å². The normalized spacial score (nSPS) is 13.6. The molecule has 4 rings (SSSR count). The Labute approximate surface area is 252 Å². The van der Waals surface area contributed by atoms with Crippen molar-refractivity contribution in [2.45, 2.75) is 19.4 Å². The van der Waals surface area contributed by atoms with Gasteiger partial charge in [-0.1, -0.05) is 34.8 Å². The van der Waals surface area contributed by atoms with Crippen molar-refractivity contribution in [3.63, 3.8) is 0 Å². The van der Waals surface area contributed by atoms with Gasteiger partial charge < -0.3 is 30.3 Å². The lowest BCUT2D eigenvalue weighted by Crippen LogP contribution is -2.31. The van der Waals surface area contributed by atoms with Gasteiger partial charge in [0.05, 0.1) is 27.9 Å². The molecule has 1 fully saturated rings. The summed E-state index contributed by atoms with van der Waals surface area (Å²) in [5.74, 6) is -0.710. The first-order chi connectivity index (χ1) is 19.2. The molecule has 0 bridgehead atoms. The van der Waals surface area contributed by atoms with Crippen LogP contribution in [0.4, 0.5) is 11.5 Å². The first kappa shape index (κ1) is 30.5. The van der Waals surface area contributed by atoms with Crippen LogP contribution >= 0.6 is 46.1 Å². The third-order valence-corrected chi connectivity index (χ3v) is 8.32. The molecule has 3 heterocycles. The summed E-state index contributed by atoms with van der Waals surface area (Å²) in [6.07, 6.45) is 3.90. The van der Waals surface area contributed by atoms with E-state index in [0.29, 0.717) is 21.5 Å². The molecule has 214 valence electrons. The van der Waals surface area contributed by atoms with Gasteiger partial charge in [-0.05, 0) is 62.1 Å². The van der Waals surface area contributed by atoms with Crippen LogP contribution in [0.5, 0.6) is 5.75 Å². The van der Waals surface area contributed by atoms with Crippen molar-refractivity contribution in [2.24, 2.45) is 0 Å². The number of likely N-dealkylation sites (N-methyl/N-ethyl adjacent to an activating group) is 1. The molecule has 40 heavy (non-hydrogen) atoms. The number of pyridine rings is 1. The third kappa shape index (κ3) is 8.07. The number of aliphatic hydroxyl groups is 1. The highest BCUT2D eigenvalue weighted by molar-refractivity contribution is 7.13. The lowest BCUT2D eigenvalue weighted by molar-refractivity contribution is 0.102. The molecule has 2 aromatic heterocycles. The van der Waals surface area contributed by atoms with Crippen molar-refractivity contribution >= 4 is 69.5 Å². The zero-order valence-electron chi connectivity index (χ0n) is 21.9. The maximum Gasteiger partial charge on any atom is 0.267 e. The number of likely N-dealkylation sites (tertiary alicyclic amines) is 1. The molecular formula is C27H30Cl3N5O4S. The summed E-state index contributed by atoms with van der Waals surface area (Å²) < 4.78 is 5.62. The largest absolute Gasteiger partial charge is 0.489 e. The van der Waals surface area contributed by atoms with Crippen LogP contribution in [0.3, 0.4) is 0 Å². The number of hydrogen-bond acceptors (Lipinski definition) is 8. The van der Waals surface area contributed by atoms with E-state index >= 15 is 0 Å². The predicted molar refractivity (Wildman–Crippen MR) is 161 cm³/mol. The highest BCUT2D eigenvalue weighted by atomic mass is 35.5. The van der Waals surface area contributed by atoms with E-state index in [0.717, 1.165) is 31.7 Å². The van der Waals surface area contributed by atoms with Crippen LogP contribution in [-0.4, -0.2) is 78.1 Å². The minimum Gasteiger partial charge on any atom is -0.489 e. The highest BCUT2D eigenvalue weighted by Crippen LogP contribution is 2.36. The van der Waals surface area contributed by atoms with Crippen LogP contribution in [0, 0.1) is 0 Å². The van der Waals surface area contributed by atoms with Crippen LogP contribution in [0.15, 0.2) is 35.8 Å². The summed E-state index contributed by atoms with van der Waals surface area (Å²) >= 11 is 20.0. The predicted octanol–water partition coefficient (Wildman–Crippen LogP) is 5.51.